The van der Waals surface area contributed by atoms with Crippen LogP contribution in [0.1, 0.15) is 10.5 Å². The van der Waals surface area contributed by atoms with Crippen LogP contribution in [0.15, 0.2) is 17.0 Å². The first-order valence-electron chi connectivity index (χ1n) is 5.73. The van der Waals surface area contributed by atoms with E-state index in [9.17, 15) is 4.79 Å². The number of morpholine rings is 1. The summed E-state index contributed by atoms with van der Waals surface area (Å²) in [5.74, 6) is 0.732. The van der Waals surface area contributed by atoms with Gasteiger partial charge in [0.25, 0.3) is 5.24 Å². The van der Waals surface area contributed by atoms with E-state index in [-0.39, 0.29) is 5.69 Å². The number of halogens is 2. The van der Waals surface area contributed by atoms with Crippen molar-refractivity contribution < 1.29 is 9.53 Å². The third kappa shape index (κ3) is 2.22. The molecule has 1 aliphatic heterocycles. The van der Waals surface area contributed by atoms with E-state index in [1.165, 1.54) is 0 Å². The number of anilines is 1. The van der Waals surface area contributed by atoms with Crippen LogP contribution in [0, 0.1) is 0 Å². The summed E-state index contributed by atoms with van der Waals surface area (Å²) in [6.07, 6.45) is 3.41. The Kier molecular flexibility index (Phi) is 3.42. The number of hydrogen-bond acceptors (Lipinski definition) is 5. The van der Waals surface area contributed by atoms with Gasteiger partial charge >= 0.3 is 0 Å². The number of rotatable bonds is 2. The number of carbonyl (C=O) groups excluding carboxylic acids is 1. The van der Waals surface area contributed by atoms with Gasteiger partial charge in [-0.2, -0.15) is 0 Å². The summed E-state index contributed by atoms with van der Waals surface area (Å²) in [4.78, 5) is 22.0. The van der Waals surface area contributed by atoms with Crippen LogP contribution in [-0.2, 0) is 4.74 Å². The number of fused-ring (bicyclic) bond motifs is 1. The molecule has 3 rings (SSSR count). The lowest BCUT2D eigenvalue weighted by molar-refractivity contribution is 0.107. The smallest absolute Gasteiger partial charge is 0.273 e. The zero-order valence-corrected chi connectivity index (χ0v) is 12.2. The molecule has 0 unspecified atom stereocenters. The van der Waals surface area contributed by atoms with E-state index in [2.05, 4.69) is 30.8 Å². The molecule has 1 fully saturated rings. The molecule has 1 aliphatic rings. The van der Waals surface area contributed by atoms with Crippen molar-refractivity contribution in [2.45, 2.75) is 0 Å². The van der Waals surface area contributed by atoms with Gasteiger partial charge in [0.2, 0.25) is 0 Å². The van der Waals surface area contributed by atoms with Gasteiger partial charge in [0, 0.05) is 25.5 Å². The summed E-state index contributed by atoms with van der Waals surface area (Å²) in [6, 6.07) is 0. The third-order valence-corrected chi connectivity index (χ3v) is 3.90. The molecule has 0 spiro atoms. The molecule has 100 valence electrons. The van der Waals surface area contributed by atoms with E-state index in [1.807, 2.05) is 0 Å². The maximum atomic E-state index is 11.3. The molecule has 2 aromatic heterocycles. The Morgan fingerprint density at radius 1 is 1.42 bits per heavy atom. The highest BCUT2D eigenvalue weighted by molar-refractivity contribution is 9.10. The second-order valence-corrected chi connectivity index (χ2v) is 5.16. The number of aromatic nitrogens is 3. The molecule has 19 heavy (non-hydrogen) atoms. The van der Waals surface area contributed by atoms with Gasteiger partial charge in [0.15, 0.2) is 17.2 Å². The van der Waals surface area contributed by atoms with E-state index in [0.717, 1.165) is 18.9 Å². The number of hydrogen-bond donors (Lipinski definition) is 0. The predicted octanol–water partition coefficient (Wildman–Crippen LogP) is 1.71. The van der Waals surface area contributed by atoms with E-state index in [0.29, 0.717) is 23.5 Å². The summed E-state index contributed by atoms with van der Waals surface area (Å²) in [7, 11) is 0. The zero-order chi connectivity index (χ0) is 13.4. The Bertz CT molecular complexity index is 639. The standard InChI is InChI=1S/C11H10BrClN4O2/c12-8-7(9(13)18)15-11-10(14-1-2-17(8)11)16-3-5-19-6-4-16/h1-2H,3-6H2. The first-order valence-corrected chi connectivity index (χ1v) is 6.90. The second kappa shape index (κ2) is 5.07. The summed E-state index contributed by atoms with van der Waals surface area (Å²) in [5.41, 5.74) is 0.810. The molecular weight excluding hydrogens is 336 g/mol. The van der Waals surface area contributed by atoms with Crippen LogP contribution in [0.5, 0.6) is 0 Å². The van der Waals surface area contributed by atoms with Crippen molar-refractivity contribution in [3.63, 3.8) is 0 Å². The molecule has 0 saturated carbocycles. The minimum atomic E-state index is -0.594. The zero-order valence-electron chi connectivity index (χ0n) is 9.84. The van der Waals surface area contributed by atoms with Crippen LogP contribution >= 0.6 is 27.5 Å². The molecule has 8 heteroatoms. The van der Waals surface area contributed by atoms with Crippen molar-refractivity contribution in [3.05, 3.63) is 22.7 Å². The minimum absolute atomic E-state index is 0.198. The predicted molar refractivity (Wildman–Crippen MR) is 73.9 cm³/mol. The van der Waals surface area contributed by atoms with E-state index >= 15 is 0 Å². The first-order chi connectivity index (χ1) is 9.18. The highest BCUT2D eigenvalue weighted by Crippen LogP contribution is 2.26. The van der Waals surface area contributed by atoms with Crippen LogP contribution in [0.3, 0.4) is 0 Å². The van der Waals surface area contributed by atoms with Gasteiger partial charge < -0.3 is 9.64 Å². The lowest BCUT2D eigenvalue weighted by Crippen LogP contribution is -2.37. The van der Waals surface area contributed by atoms with Crippen LogP contribution < -0.4 is 4.90 Å². The Morgan fingerprint density at radius 2 is 2.16 bits per heavy atom. The Labute approximate surface area is 122 Å². The van der Waals surface area contributed by atoms with Gasteiger partial charge in [-0.25, -0.2) is 9.97 Å². The topological polar surface area (TPSA) is 59.7 Å². The Hall–Kier alpha value is -1.18. The van der Waals surface area contributed by atoms with Crippen LogP contribution in [0.4, 0.5) is 5.82 Å². The average Bonchev–Trinajstić information content (AvgIpc) is 2.78. The molecule has 0 amide bonds. The molecule has 0 radical (unpaired) electrons. The highest BCUT2D eigenvalue weighted by atomic mass is 79.9. The largest absolute Gasteiger partial charge is 0.378 e. The van der Waals surface area contributed by atoms with Gasteiger partial charge in [0.1, 0.15) is 4.60 Å². The molecule has 0 bridgehead atoms. The van der Waals surface area contributed by atoms with Crippen molar-refractivity contribution in [1.29, 1.82) is 0 Å². The maximum Gasteiger partial charge on any atom is 0.273 e. The van der Waals surface area contributed by atoms with Gasteiger partial charge in [-0.1, -0.05) is 0 Å². The SMILES string of the molecule is O=C(Cl)c1nc2c(N3CCOCC3)nccn2c1Br. The van der Waals surface area contributed by atoms with Gasteiger partial charge in [-0.15, -0.1) is 0 Å². The maximum absolute atomic E-state index is 11.3. The molecule has 3 heterocycles. The second-order valence-electron chi connectivity index (χ2n) is 4.07. The fourth-order valence-electron chi connectivity index (χ4n) is 2.06. The lowest BCUT2D eigenvalue weighted by Gasteiger charge is -2.27. The molecule has 0 N–H and O–H groups in total. The summed E-state index contributed by atoms with van der Waals surface area (Å²) in [6.45, 7) is 2.82. The fourth-order valence-corrected chi connectivity index (χ4v) is 2.86. The molecule has 0 aromatic carbocycles. The van der Waals surface area contributed by atoms with Crippen LogP contribution in [0.25, 0.3) is 5.65 Å². The highest BCUT2D eigenvalue weighted by Gasteiger charge is 2.21. The molecule has 1 saturated heterocycles. The molecule has 6 nitrogen and oxygen atoms in total. The third-order valence-electron chi connectivity index (χ3n) is 2.96. The molecule has 2 aromatic rings. The number of nitrogens with zero attached hydrogens (tertiary/aromatic N) is 4. The van der Waals surface area contributed by atoms with Gasteiger partial charge in [-0.05, 0) is 27.5 Å². The number of ether oxygens (including phenoxy) is 1. The normalized spacial score (nSPS) is 16.0. The summed E-state index contributed by atoms with van der Waals surface area (Å²) >= 11 is 8.85. The first kappa shape index (κ1) is 12.8. The number of imidazole rings is 1. The van der Waals surface area contributed by atoms with Crippen molar-refractivity contribution in [1.82, 2.24) is 14.4 Å². The van der Waals surface area contributed by atoms with Crippen molar-refractivity contribution in [3.8, 4) is 0 Å². The quantitative estimate of drug-likeness (QED) is 0.776. The Morgan fingerprint density at radius 3 is 2.84 bits per heavy atom. The minimum Gasteiger partial charge on any atom is -0.378 e. The monoisotopic (exact) mass is 344 g/mol. The van der Waals surface area contributed by atoms with Gasteiger partial charge in [0.05, 0.1) is 13.2 Å². The fraction of sp³-hybridized carbons (Fsp3) is 0.364. The van der Waals surface area contributed by atoms with Crippen molar-refractivity contribution in [2.24, 2.45) is 0 Å². The molecular formula is C11H10BrClN4O2. The van der Waals surface area contributed by atoms with Crippen LogP contribution in [-0.4, -0.2) is 45.9 Å². The molecule has 0 aliphatic carbocycles. The van der Waals surface area contributed by atoms with Crippen molar-refractivity contribution >= 4 is 44.2 Å². The molecule has 0 atom stereocenters. The Balaban J connectivity index is 2.14. The summed E-state index contributed by atoms with van der Waals surface area (Å²) < 4.78 is 7.62. The van der Waals surface area contributed by atoms with Crippen molar-refractivity contribution in [2.75, 3.05) is 31.2 Å². The van der Waals surface area contributed by atoms with Gasteiger partial charge in [-0.3, -0.25) is 9.20 Å². The average molecular weight is 346 g/mol. The number of carbonyl (C=O) groups is 1. The van der Waals surface area contributed by atoms with E-state index in [1.54, 1.807) is 16.8 Å². The van der Waals surface area contributed by atoms with Crippen LogP contribution in [0.2, 0.25) is 0 Å². The summed E-state index contributed by atoms with van der Waals surface area (Å²) in [5, 5.41) is -0.594. The van der Waals surface area contributed by atoms with E-state index in [4.69, 9.17) is 16.3 Å². The lowest BCUT2D eigenvalue weighted by atomic mass is 10.4. The van der Waals surface area contributed by atoms with E-state index < -0.39 is 5.24 Å².